The van der Waals surface area contributed by atoms with Gasteiger partial charge in [-0.1, -0.05) is 23.2 Å². The van der Waals surface area contributed by atoms with Gasteiger partial charge in [-0.15, -0.1) is 0 Å². The number of hydrogen-bond acceptors (Lipinski definition) is 3. The van der Waals surface area contributed by atoms with Gasteiger partial charge in [0.05, 0.1) is 15.6 Å². The van der Waals surface area contributed by atoms with Crippen molar-refractivity contribution in [2.45, 2.75) is 23.8 Å². The Bertz CT molecular complexity index is 611. The summed E-state index contributed by atoms with van der Waals surface area (Å²) in [6.07, 6.45) is 1.55. The first-order valence-electron chi connectivity index (χ1n) is 5.06. The molecule has 0 saturated heterocycles. The van der Waals surface area contributed by atoms with E-state index in [1.165, 1.54) is 0 Å². The molecular weight excluding hydrogens is 301 g/mol. The SMILES string of the molecule is O=C(O)c1cc(S(=O)(=O)NC2CC2)c(Cl)cc1Cl. The lowest BCUT2D eigenvalue weighted by atomic mass is 10.2. The highest BCUT2D eigenvalue weighted by Crippen LogP contribution is 2.30. The van der Waals surface area contributed by atoms with E-state index in [-0.39, 0.29) is 26.5 Å². The molecule has 98 valence electrons. The smallest absolute Gasteiger partial charge is 0.337 e. The molecule has 18 heavy (non-hydrogen) atoms. The van der Waals surface area contributed by atoms with Crippen molar-refractivity contribution in [3.63, 3.8) is 0 Å². The maximum Gasteiger partial charge on any atom is 0.337 e. The Morgan fingerprint density at radius 1 is 1.28 bits per heavy atom. The molecule has 0 aromatic heterocycles. The molecule has 0 bridgehead atoms. The molecule has 2 N–H and O–H groups in total. The maximum atomic E-state index is 12.0. The molecule has 0 amide bonds. The summed E-state index contributed by atoms with van der Waals surface area (Å²) in [4.78, 5) is 10.6. The molecule has 0 radical (unpaired) electrons. The zero-order chi connectivity index (χ0) is 13.5. The van der Waals surface area contributed by atoms with Gasteiger partial charge in [0.1, 0.15) is 4.90 Å². The van der Waals surface area contributed by atoms with E-state index in [0.29, 0.717) is 0 Å². The van der Waals surface area contributed by atoms with E-state index < -0.39 is 16.0 Å². The molecule has 0 spiro atoms. The van der Waals surface area contributed by atoms with Crippen LogP contribution >= 0.6 is 23.2 Å². The predicted octanol–water partition coefficient (Wildman–Crippen LogP) is 2.13. The number of carboxylic acid groups (broad SMARTS) is 1. The molecule has 1 aliphatic rings. The second-order valence-corrected chi connectivity index (χ2v) is 6.46. The number of benzene rings is 1. The van der Waals surface area contributed by atoms with Gasteiger partial charge in [-0.25, -0.2) is 17.9 Å². The van der Waals surface area contributed by atoms with E-state index in [1.54, 1.807) is 0 Å². The quantitative estimate of drug-likeness (QED) is 0.892. The summed E-state index contributed by atoms with van der Waals surface area (Å²) in [6, 6.07) is 2.00. The maximum absolute atomic E-state index is 12.0. The van der Waals surface area contributed by atoms with Crippen LogP contribution in [-0.2, 0) is 10.0 Å². The van der Waals surface area contributed by atoms with Crippen LogP contribution in [-0.4, -0.2) is 25.5 Å². The molecule has 1 fully saturated rings. The van der Waals surface area contributed by atoms with E-state index in [4.69, 9.17) is 28.3 Å². The number of hydrogen-bond donors (Lipinski definition) is 2. The van der Waals surface area contributed by atoms with Crippen molar-refractivity contribution in [3.8, 4) is 0 Å². The summed E-state index contributed by atoms with van der Waals surface area (Å²) in [5, 5.41) is 8.70. The number of sulfonamides is 1. The van der Waals surface area contributed by atoms with Gasteiger partial charge < -0.3 is 5.11 Å². The lowest BCUT2D eigenvalue weighted by molar-refractivity contribution is 0.0697. The molecule has 5 nitrogen and oxygen atoms in total. The molecule has 0 atom stereocenters. The lowest BCUT2D eigenvalue weighted by Crippen LogP contribution is -2.26. The summed E-state index contributed by atoms with van der Waals surface area (Å²) >= 11 is 11.5. The molecule has 0 unspecified atom stereocenters. The Kier molecular flexibility index (Phi) is 3.55. The van der Waals surface area contributed by atoms with Crippen LogP contribution in [0.3, 0.4) is 0 Å². The molecule has 1 aliphatic carbocycles. The monoisotopic (exact) mass is 309 g/mol. The Balaban J connectivity index is 2.49. The first-order chi connectivity index (χ1) is 8.31. The average Bonchev–Trinajstić information content (AvgIpc) is 2.99. The van der Waals surface area contributed by atoms with Crippen molar-refractivity contribution in [3.05, 3.63) is 27.7 Å². The molecule has 2 rings (SSSR count). The van der Waals surface area contributed by atoms with Gasteiger partial charge in [-0.2, -0.15) is 0 Å². The highest BCUT2D eigenvalue weighted by Gasteiger charge is 2.30. The summed E-state index contributed by atoms with van der Waals surface area (Å²) in [5.74, 6) is -1.31. The standard InChI is InChI=1S/C10H9Cl2NO4S/c11-7-4-8(12)9(3-6(7)10(14)15)18(16,17)13-5-1-2-5/h3-5,13H,1-2H2,(H,14,15). The largest absolute Gasteiger partial charge is 0.478 e. The fourth-order valence-corrected chi connectivity index (χ4v) is 3.54. The summed E-state index contributed by atoms with van der Waals surface area (Å²) in [6.45, 7) is 0. The third-order valence-corrected chi connectivity index (χ3v) is 4.74. The molecule has 0 aliphatic heterocycles. The highest BCUT2D eigenvalue weighted by molar-refractivity contribution is 7.89. The predicted molar refractivity (Wildman–Crippen MR) is 66.8 cm³/mol. The van der Waals surface area contributed by atoms with Gasteiger partial charge in [0.15, 0.2) is 0 Å². The van der Waals surface area contributed by atoms with E-state index in [1.807, 2.05) is 0 Å². The van der Waals surface area contributed by atoms with Crippen molar-refractivity contribution in [2.75, 3.05) is 0 Å². The van der Waals surface area contributed by atoms with Crippen molar-refractivity contribution >= 4 is 39.2 Å². The van der Waals surface area contributed by atoms with Crippen LogP contribution in [0.1, 0.15) is 23.2 Å². The van der Waals surface area contributed by atoms with Crippen molar-refractivity contribution in [1.82, 2.24) is 4.72 Å². The minimum Gasteiger partial charge on any atom is -0.478 e. The molecule has 1 aromatic rings. The first kappa shape index (κ1) is 13.6. The fraction of sp³-hybridized carbons (Fsp3) is 0.300. The summed E-state index contributed by atoms with van der Waals surface area (Å²) < 4.78 is 26.3. The highest BCUT2D eigenvalue weighted by atomic mass is 35.5. The topological polar surface area (TPSA) is 83.5 Å². The van der Waals surface area contributed by atoms with Crippen molar-refractivity contribution in [2.24, 2.45) is 0 Å². The number of carbonyl (C=O) groups is 1. The lowest BCUT2D eigenvalue weighted by Gasteiger charge is -2.09. The molecular formula is C10H9Cl2NO4S. The number of rotatable bonds is 4. The van der Waals surface area contributed by atoms with Crippen LogP contribution in [0.5, 0.6) is 0 Å². The zero-order valence-corrected chi connectivity index (χ0v) is 11.3. The first-order valence-corrected chi connectivity index (χ1v) is 7.30. The third-order valence-electron chi connectivity index (χ3n) is 2.44. The van der Waals surface area contributed by atoms with Crippen molar-refractivity contribution in [1.29, 1.82) is 0 Å². The number of carboxylic acids is 1. The number of nitrogens with one attached hydrogen (secondary N) is 1. The zero-order valence-electron chi connectivity index (χ0n) is 8.98. The Morgan fingerprint density at radius 3 is 2.39 bits per heavy atom. The summed E-state index contributed by atoms with van der Waals surface area (Å²) in [7, 11) is -3.80. The molecule has 1 saturated carbocycles. The van der Waals surface area contributed by atoms with Gasteiger partial charge in [-0.3, -0.25) is 0 Å². The van der Waals surface area contributed by atoms with Crippen LogP contribution < -0.4 is 4.72 Å². The van der Waals surface area contributed by atoms with Crippen molar-refractivity contribution < 1.29 is 18.3 Å². The summed E-state index contributed by atoms with van der Waals surface area (Å²) in [5.41, 5.74) is -0.294. The second kappa shape index (κ2) is 4.70. The van der Waals surface area contributed by atoms with Gasteiger partial charge in [0, 0.05) is 6.04 Å². The molecule has 1 aromatic carbocycles. The van der Waals surface area contributed by atoms with Crippen LogP contribution in [0.25, 0.3) is 0 Å². The van der Waals surface area contributed by atoms with Crippen LogP contribution in [0.2, 0.25) is 10.0 Å². The second-order valence-electron chi connectivity index (χ2n) is 3.96. The normalized spacial score (nSPS) is 15.7. The van der Waals surface area contributed by atoms with Crippen LogP contribution in [0, 0.1) is 0 Å². The average molecular weight is 310 g/mol. The van der Waals surface area contributed by atoms with E-state index >= 15 is 0 Å². The van der Waals surface area contributed by atoms with Crippen LogP contribution in [0.15, 0.2) is 17.0 Å². The van der Waals surface area contributed by atoms with Crippen LogP contribution in [0.4, 0.5) is 0 Å². The van der Waals surface area contributed by atoms with E-state index in [0.717, 1.165) is 25.0 Å². The van der Waals surface area contributed by atoms with Gasteiger partial charge in [-0.05, 0) is 25.0 Å². The fourth-order valence-electron chi connectivity index (χ4n) is 1.38. The minimum absolute atomic E-state index is 0.0879. The van der Waals surface area contributed by atoms with Gasteiger partial charge in [0.2, 0.25) is 10.0 Å². The number of aromatic carboxylic acids is 1. The van der Waals surface area contributed by atoms with Gasteiger partial charge >= 0.3 is 5.97 Å². The Hall–Kier alpha value is -0.820. The molecule has 0 heterocycles. The van der Waals surface area contributed by atoms with Gasteiger partial charge in [0.25, 0.3) is 0 Å². The third kappa shape index (κ3) is 2.77. The number of halogens is 2. The minimum atomic E-state index is -3.80. The van der Waals surface area contributed by atoms with E-state index in [9.17, 15) is 13.2 Å². The Labute approximate surface area is 114 Å². The Morgan fingerprint density at radius 2 is 1.89 bits per heavy atom. The molecule has 8 heteroatoms. The van der Waals surface area contributed by atoms with E-state index in [2.05, 4.69) is 4.72 Å².